The van der Waals surface area contributed by atoms with Gasteiger partial charge in [-0.3, -0.25) is 10.1 Å². The van der Waals surface area contributed by atoms with Gasteiger partial charge in [-0.15, -0.1) is 0 Å². The van der Waals surface area contributed by atoms with Gasteiger partial charge in [0.2, 0.25) is 11.9 Å². The highest BCUT2D eigenvalue weighted by Gasteiger charge is 2.48. The summed E-state index contributed by atoms with van der Waals surface area (Å²) in [6.07, 6.45) is 8.52. The number of hydrogen-bond donors (Lipinski definition) is 1. The summed E-state index contributed by atoms with van der Waals surface area (Å²) in [6, 6.07) is 3.00. The number of likely N-dealkylation sites (tertiary alicyclic amines) is 1. The standard InChI is InChI=1S/C17H26N4O/c1-12-7-6-8-13(2)21(12)16-19-15(22)14(11-18)17(20-16)9-4-3-5-10-17/h12-14H,3-10H2,1-2H3,(H,19,20,22)/t12-,13+,14-/m1/s1. The molecule has 2 aliphatic heterocycles. The Kier molecular flexibility index (Phi) is 4.12. The number of rotatable bonds is 0. The first-order valence-corrected chi connectivity index (χ1v) is 8.66. The lowest BCUT2D eigenvalue weighted by molar-refractivity contribution is -0.125. The fourth-order valence-corrected chi connectivity index (χ4v) is 4.43. The smallest absolute Gasteiger partial charge is 0.246 e. The quantitative estimate of drug-likeness (QED) is 0.747. The van der Waals surface area contributed by atoms with Gasteiger partial charge in [-0.1, -0.05) is 19.3 Å². The Bertz CT molecular complexity index is 505. The van der Waals surface area contributed by atoms with E-state index in [2.05, 4.69) is 30.1 Å². The van der Waals surface area contributed by atoms with E-state index in [1.807, 2.05) is 0 Å². The zero-order valence-electron chi connectivity index (χ0n) is 13.6. The predicted octanol–water partition coefficient (Wildman–Crippen LogP) is 2.58. The van der Waals surface area contributed by atoms with Gasteiger partial charge in [0.25, 0.3) is 0 Å². The third-order valence-corrected chi connectivity index (χ3v) is 5.65. The third kappa shape index (κ3) is 2.49. The maximum atomic E-state index is 12.5. The van der Waals surface area contributed by atoms with E-state index in [0.717, 1.165) is 44.5 Å². The molecule has 1 N–H and O–H groups in total. The fourth-order valence-electron chi connectivity index (χ4n) is 4.43. The van der Waals surface area contributed by atoms with Crippen molar-refractivity contribution in [3.63, 3.8) is 0 Å². The molecule has 3 rings (SSSR count). The molecule has 3 aliphatic rings. The van der Waals surface area contributed by atoms with Crippen LogP contribution in [0.15, 0.2) is 4.99 Å². The molecule has 0 radical (unpaired) electrons. The van der Waals surface area contributed by atoms with Gasteiger partial charge in [-0.2, -0.15) is 5.26 Å². The highest BCUT2D eigenvalue weighted by atomic mass is 16.2. The molecule has 2 heterocycles. The number of nitriles is 1. The van der Waals surface area contributed by atoms with Crippen molar-refractivity contribution < 1.29 is 4.79 Å². The molecule has 1 spiro atoms. The zero-order chi connectivity index (χ0) is 15.7. The van der Waals surface area contributed by atoms with E-state index in [1.54, 1.807) is 0 Å². The summed E-state index contributed by atoms with van der Waals surface area (Å²) < 4.78 is 0. The Labute approximate surface area is 132 Å². The largest absolute Gasteiger partial charge is 0.337 e. The summed E-state index contributed by atoms with van der Waals surface area (Å²) in [6.45, 7) is 4.41. The van der Waals surface area contributed by atoms with Crippen molar-refractivity contribution in [1.82, 2.24) is 10.2 Å². The van der Waals surface area contributed by atoms with E-state index in [0.29, 0.717) is 12.1 Å². The molecule has 3 atom stereocenters. The van der Waals surface area contributed by atoms with Gasteiger partial charge in [0.15, 0.2) is 5.92 Å². The van der Waals surface area contributed by atoms with Crippen molar-refractivity contribution in [2.75, 3.05) is 0 Å². The van der Waals surface area contributed by atoms with Crippen molar-refractivity contribution in [3.8, 4) is 6.07 Å². The highest BCUT2D eigenvalue weighted by molar-refractivity contribution is 6.02. The molecule has 1 saturated carbocycles. The molecule has 120 valence electrons. The molecule has 0 bridgehead atoms. The normalized spacial score (nSPS) is 34.8. The van der Waals surface area contributed by atoms with Gasteiger partial charge < -0.3 is 4.90 Å². The predicted molar refractivity (Wildman–Crippen MR) is 85.1 cm³/mol. The van der Waals surface area contributed by atoms with Crippen LogP contribution in [0.25, 0.3) is 0 Å². The van der Waals surface area contributed by atoms with Crippen LogP contribution in [0.1, 0.15) is 65.2 Å². The van der Waals surface area contributed by atoms with Crippen molar-refractivity contribution in [3.05, 3.63) is 0 Å². The summed E-state index contributed by atoms with van der Waals surface area (Å²) in [4.78, 5) is 19.8. The SMILES string of the molecule is C[C@@H]1CCC[C@H](C)N1C1=NC2(CCCCC2)[C@H](C#N)C(=O)N1. The average Bonchev–Trinajstić information content (AvgIpc) is 2.47. The van der Waals surface area contributed by atoms with Crippen molar-refractivity contribution in [2.45, 2.75) is 82.8 Å². The average molecular weight is 302 g/mol. The van der Waals surface area contributed by atoms with Gasteiger partial charge >= 0.3 is 0 Å². The van der Waals surface area contributed by atoms with Crippen LogP contribution in [0.2, 0.25) is 0 Å². The van der Waals surface area contributed by atoms with Gasteiger partial charge in [0.05, 0.1) is 11.6 Å². The first-order valence-electron chi connectivity index (χ1n) is 8.66. The zero-order valence-corrected chi connectivity index (χ0v) is 13.6. The number of nitrogens with one attached hydrogen (secondary N) is 1. The monoisotopic (exact) mass is 302 g/mol. The minimum absolute atomic E-state index is 0.153. The third-order valence-electron chi connectivity index (χ3n) is 5.65. The van der Waals surface area contributed by atoms with Gasteiger partial charge in [-0.25, -0.2) is 4.99 Å². The number of amides is 1. The molecule has 2 fully saturated rings. The lowest BCUT2D eigenvalue weighted by atomic mass is 9.72. The van der Waals surface area contributed by atoms with E-state index in [9.17, 15) is 10.1 Å². The van der Waals surface area contributed by atoms with Crippen LogP contribution >= 0.6 is 0 Å². The number of aliphatic imine (C=N–C) groups is 1. The maximum absolute atomic E-state index is 12.5. The van der Waals surface area contributed by atoms with Gasteiger partial charge in [-0.05, 0) is 46.0 Å². The fraction of sp³-hybridized carbons (Fsp3) is 0.824. The van der Waals surface area contributed by atoms with Crippen LogP contribution in [0, 0.1) is 17.2 Å². The number of carbonyl (C=O) groups is 1. The molecule has 0 aromatic heterocycles. The first kappa shape index (κ1) is 15.3. The maximum Gasteiger partial charge on any atom is 0.246 e. The van der Waals surface area contributed by atoms with Crippen molar-refractivity contribution in [1.29, 1.82) is 5.26 Å². The van der Waals surface area contributed by atoms with Crippen LogP contribution in [0.4, 0.5) is 0 Å². The summed E-state index contributed by atoms with van der Waals surface area (Å²) >= 11 is 0. The van der Waals surface area contributed by atoms with Crippen molar-refractivity contribution in [2.24, 2.45) is 10.9 Å². The lowest BCUT2D eigenvalue weighted by Crippen LogP contribution is -2.61. The minimum Gasteiger partial charge on any atom is -0.337 e. The summed E-state index contributed by atoms with van der Waals surface area (Å²) in [5.41, 5.74) is -0.485. The Morgan fingerprint density at radius 2 is 1.82 bits per heavy atom. The second kappa shape index (κ2) is 5.91. The second-order valence-electron chi connectivity index (χ2n) is 7.19. The molecule has 1 aliphatic carbocycles. The number of carbonyl (C=O) groups excluding carboxylic acids is 1. The minimum atomic E-state index is -0.632. The number of hydrogen-bond acceptors (Lipinski definition) is 4. The van der Waals surface area contributed by atoms with Crippen LogP contribution in [-0.2, 0) is 4.79 Å². The van der Waals surface area contributed by atoms with E-state index >= 15 is 0 Å². The number of piperidine rings is 1. The Morgan fingerprint density at radius 1 is 1.18 bits per heavy atom. The van der Waals surface area contributed by atoms with Gasteiger partial charge in [0.1, 0.15) is 0 Å². The molecule has 5 heteroatoms. The molecular weight excluding hydrogens is 276 g/mol. The summed E-state index contributed by atoms with van der Waals surface area (Å²) in [7, 11) is 0. The van der Waals surface area contributed by atoms with E-state index in [-0.39, 0.29) is 5.91 Å². The van der Waals surface area contributed by atoms with E-state index < -0.39 is 11.5 Å². The number of nitrogens with zero attached hydrogens (tertiary/aromatic N) is 3. The Balaban J connectivity index is 1.97. The molecule has 0 unspecified atom stereocenters. The highest BCUT2D eigenvalue weighted by Crippen LogP contribution is 2.40. The molecule has 0 aromatic rings. The van der Waals surface area contributed by atoms with Crippen LogP contribution in [-0.4, -0.2) is 34.4 Å². The Morgan fingerprint density at radius 3 is 2.41 bits per heavy atom. The number of guanidine groups is 1. The Hall–Kier alpha value is -1.57. The first-order chi connectivity index (χ1) is 10.6. The topological polar surface area (TPSA) is 68.5 Å². The molecule has 5 nitrogen and oxygen atoms in total. The summed E-state index contributed by atoms with van der Waals surface area (Å²) in [5, 5.41) is 12.4. The van der Waals surface area contributed by atoms with Crippen LogP contribution in [0.5, 0.6) is 0 Å². The van der Waals surface area contributed by atoms with Crippen molar-refractivity contribution >= 4 is 11.9 Å². The molecule has 1 amide bonds. The second-order valence-corrected chi connectivity index (χ2v) is 7.19. The molecular formula is C17H26N4O. The van der Waals surface area contributed by atoms with E-state index in [1.165, 1.54) is 12.8 Å². The molecule has 22 heavy (non-hydrogen) atoms. The van der Waals surface area contributed by atoms with Crippen LogP contribution in [0.3, 0.4) is 0 Å². The summed E-state index contributed by atoms with van der Waals surface area (Å²) in [5.74, 6) is -0.0653. The lowest BCUT2D eigenvalue weighted by Gasteiger charge is -2.46. The molecule has 1 saturated heterocycles. The molecule has 0 aromatic carbocycles. The van der Waals surface area contributed by atoms with E-state index in [4.69, 9.17) is 4.99 Å². The van der Waals surface area contributed by atoms with Gasteiger partial charge in [0, 0.05) is 12.1 Å². The van der Waals surface area contributed by atoms with Crippen LogP contribution < -0.4 is 5.32 Å².